The van der Waals surface area contributed by atoms with Crippen LogP contribution in [0.4, 0.5) is 14.5 Å². The van der Waals surface area contributed by atoms with Gasteiger partial charge in [-0.05, 0) is 91.6 Å². The Labute approximate surface area is 259 Å². The second-order valence-corrected chi connectivity index (χ2v) is 13.4. The van der Waals surface area contributed by atoms with Gasteiger partial charge < -0.3 is 9.84 Å². The van der Waals surface area contributed by atoms with Crippen LogP contribution in [0.25, 0.3) is 0 Å². The highest BCUT2D eigenvalue weighted by Crippen LogP contribution is 2.69. The fourth-order valence-electron chi connectivity index (χ4n) is 8.71. The molecule has 0 radical (unpaired) electrons. The van der Waals surface area contributed by atoms with Crippen LogP contribution < -0.4 is 5.06 Å². The minimum Gasteiger partial charge on any atom is -0.454 e. The van der Waals surface area contributed by atoms with Crippen molar-refractivity contribution in [3.63, 3.8) is 0 Å². The van der Waals surface area contributed by atoms with E-state index in [4.69, 9.17) is 16.3 Å². The fourth-order valence-corrected chi connectivity index (χ4v) is 8.84. The van der Waals surface area contributed by atoms with E-state index in [-0.39, 0.29) is 30.4 Å². The largest absolute Gasteiger partial charge is 0.454 e. The lowest BCUT2D eigenvalue weighted by atomic mass is 9.45. The first-order valence-corrected chi connectivity index (χ1v) is 15.1. The number of ether oxygens (including phenoxy) is 1. The third-order valence-electron chi connectivity index (χ3n) is 10.8. The maximum atomic E-state index is 17.6. The van der Waals surface area contributed by atoms with Crippen LogP contribution >= 0.6 is 11.6 Å². The van der Waals surface area contributed by atoms with Crippen LogP contribution in [-0.2, 0) is 14.3 Å². The van der Waals surface area contributed by atoms with E-state index < -0.39 is 76.7 Å². The summed E-state index contributed by atoms with van der Waals surface area (Å²) in [6, 6.07) is 13.6. The van der Waals surface area contributed by atoms with Crippen molar-refractivity contribution in [3.05, 3.63) is 89.0 Å². The monoisotopic (exact) mass is 625 g/mol. The van der Waals surface area contributed by atoms with Crippen molar-refractivity contribution in [2.75, 3.05) is 11.7 Å². The molecule has 232 valence electrons. The number of halogens is 3. The van der Waals surface area contributed by atoms with Crippen LogP contribution in [0.15, 0.2) is 78.4 Å². The maximum absolute atomic E-state index is 17.6. The summed E-state index contributed by atoms with van der Waals surface area (Å²) in [6.45, 7) is 2.67. The van der Waals surface area contributed by atoms with Crippen LogP contribution in [0.2, 0.25) is 5.02 Å². The summed E-state index contributed by atoms with van der Waals surface area (Å²) in [6.07, 6.45) is 0.0888. The Morgan fingerprint density at radius 2 is 1.75 bits per heavy atom. The molecule has 10 heteroatoms. The smallest absolute Gasteiger partial charge is 0.338 e. The number of aliphatic hydroxyl groups is 1. The molecule has 6 rings (SSSR count). The summed E-state index contributed by atoms with van der Waals surface area (Å²) < 4.78 is 38.9. The van der Waals surface area contributed by atoms with E-state index in [0.29, 0.717) is 10.7 Å². The highest BCUT2D eigenvalue weighted by molar-refractivity contribution is 6.30. The second-order valence-electron chi connectivity index (χ2n) is 13.0. The normalized spacial score (nSPS) is 37.3. The molecule has 0 saturated heterocycles. The van der Waals surface area contributed by atoms with Gasteiger partial charge in [0.1, 0.15) is 6.17 Å². The SMILES string of the molecule is C[C@]12C[C@H](O)[C@@]3(F)[C@@H](C[C@H](F)C4=CC(=O)C=C[C@@]43C)C1CC(N(O)c1ccc(Cl)cc1)[C@@H]2C(=O)COC(=O)c1ccccc1. The van der Waals surface area contributed by atoms with Gasteiger partial charge in [-0.3, -0.25) is 19.9 Å². The maximum Gasteiger partial charge on any atom is 0.338 e. The summed E-state index contributed by atoms with van der Waals surface area (Å²) in [7, 11) is 0. The number of anilines is 1. The molecule has 2 N–H and O–H groups in total. The number of benzene rings is 2. The van der Waals surface area contributed by atoms with Crippen molar-refractivity contribution in [3.8, 4) is 0 Å². The van der Waals surface area contributed by atoms with Gasteiger partial charge in [-0.2, -0.15) is 0 Å². The topological polar surface area (TPSA) is 104 Å². The molecule has 9 atom stereocenters. The number of alkyl halides is 2. The molecule has 0 aromatic heterocycles. The van der Waals surface area contributed by atoms with Crippen LogP contribution in [0.1, 0.15) is 43.5 Å². The van der Waals surface area contributed by atoms with Crippen molar-refractivity contribution in [1.29, 1.82) is 0 Å². The Hall–Kier alpha value is -3.40. The number of hydrogen-bond donors (Lipinski definition) is 2. The van der Waals surface area contributed by atoms with Crippen molar-refractivity contribution in [2.45, 2.75) is 57.1 Å². The molecule has 2 unspecified atom stereocenters. The minimum absolute atomic E-state index is 0.00588. The third kappa shape index (κ3) is 4.54. The molecule has 0 spiro atoms. The van der Waals surface area contributed by atoms with Gasteiger partial charge in [0.15, 0.2) is 23.8 Å². The van der Waals surface area contributed by atoms with Crippen LogP contribution in [0.3, 0.4) is 0 Å². The molecule has 2 aromatic rings. The van der Waals surface area contributed by atoms with Gasteiger partial charge in [0, 0.05) is 22.3 Å². The Bertz CT molecular complexity index is 1550. The van der Waals surface area contributed by atoms with Crippen LogP contribution in [0.5, 0.6) is 0 Å². The molecule has 2 aromatic carbocycles. The van der Waals surface area contributed by atoms with Gasteiger partial charge in [0.05, 0.1) is 23.4 Å². The van der Waals surface area contributed by atoms with Crippen LogP contribution in [-0.4, -0.2) is 58.4 Å². The second kappa shape index (κ2) is 10.9. The molecular weight excluding hydrogens is 592 g/mol. The van der Waals surface area contributed by atoms with E-state index in [0.717, 1.165) is 11.1 Å². The van der Waals surface area contributed by atoms with E-state index in [1.165, 1.54) is 19.1 Å². The quantitative estimate of drug-likeness (QED) is 0.305. The van der Waals surface area contributed by atoms with Crippen molar-refractivity contribution < 1.29 is 38.2 Å². The van der Waals surface area contributed by atoms with Gasteiger partial charge in [0.2, 0.25) is 0 Å². The first kappa shape index (κ1) is 30.6. The number of rotatable bonds is 6. The summed E-state index contributed by atoms with van der Waals surface area (Å²) in [5.74, 6) is -4.34. The Balaban J connectivity index is 1.38. The van der Waals surface area contributed by atoms with Crippen molar-refractivity contribution >= 4 is 34.8 Å². The number of fused-ring (bicyclic) bond motifs is 5. The lowest BCUT2D eigenvalue weighted by molar-refractivity contribution is -0.202. The lowest BCUT2D eigenvalue weighted by Crippen LogP contribution is -2.68. The van der Waals surface area contributed by atoms with E-state index in [1.54, 1.807) is 61.5 Å². The van der Waals surface area contributed by atoms with Gasteiger partial charge in [0.25, 0.3) is 0 Å². The number of Topliss-reactive ketones (excluding diaryl/α,β-unsaturated/α-hetero) is 1. The molecular formula is C34H34ClF2NO6. The number of allylic oxidation sites excluding steroid dienone is 4. The average Bonchev–Trinajstić information content (AvgIpc) is 3.31. The number of esters is 1. The zero-order valence-corrected chi connectivity index (χ0v) is 25.1. The van der Waals surface area contributed by atoms with Crippen molar-refractivity contribution in [2.24, 2.45) is 28.6 Å². The third-order valence-corrected chi connectivity index (χ3v) is 11.0. The van der Waals surface area contributed by atoms with Gasteiger partial charge in [-0.1, -0.05) is 42.8 Å². The zero-order chi connectivity index (χ0) is 31.6. The molecule has 0 bridgehead atoms. The molecule has 3 fully saturated rings. The molecule has 0 amide bonds. The standard InChI is InChI=1S/C34H34ClF2NO6/c1-32-17-29(41)34(37)24(15-26(36)25-14-22(39)12-13-33(25,34)2)23(32)16-27(38(43)21-10-8-20(35)9-11-21)30(32)28(40)18-44-31(42)19-6-4-3-5-7-19/h3-14,23-24,26-27,29-30,41,43H,15-18H2,1-2H3/t23?,24-,26-,27?,29-,30+,32-,33-,34-/m0/s1. The summed E-state index contributed by atoms with van der Waals surface area (Å²) in [5.41, 5.74) is -4.41. The zero-order valence-electron chi connectivity index (χ0n) is 24.3. The molecule has 44 heavy (non-hydrogen) atoms. The Morgan fingerprint density at radius 3 is 2.43 bits per heavy atom. The Morgan fingerprint density at radius 1 is 1.07 bits per heavy atom. The van der Waals surface area contributed by atoms with Crippen LogP contribution in [0, 0.1) is 28.6 Å². The van der Waals surface area contributed by atoms with Gasteiger partial charge >= 0.3 is 5.97 Å². The van der Waals surface area contributed by atoms with E-state index >= 15 is 8.78 Å². The van der Waals surface area contributed by atoms with Crippen molar-refractivity contribution in [1.82, 2.24) is 0 Å². The minimum atomic E-state index is -2.34. The number of hydrogen-bond acceptors (Lipinski definition) is 7. The number of carbonyl (C=O) groups excluding carboxylic acids is 3. The van der Waals surface area contributed by atoms with E-state index in [2.05, 4.69) is 0 Å². The fraction of sp³-hybridized carbons (Fsp3) is 0.441. The van der Waals surface area contributed by atoms with Gasteiger partial charge in [-0.25, -0.2) is 13.6 Å². The number of nitrogens with zero attached hydrogens (tertiary/aromatic N) is 1. The summed E-state index contributed by atoms with van der Waals surface area (Å²) >= 11 is 6.06. The van der Waals surface area contributed by atoms with E-state index in [9.17, 15) is 24.7 Å². The highest BCUT2D eigenvalue weighted by Gasteiger charge is 2.74. The average molecular weight is 626 g/mol. The van der Waals surface area contributed by atoms with Gasteiger partial charge in [-0.15, -0.1) is 0 Å². The number of carbonyl (C=O) groups is 3. The first-order chi connectivity index (χ1) is 20.8. The number of hydroxylamine groups is 1. The first-order valence-electron chi connectivity index (χ1n) is 14.8. The molecule has 3 saturated carbocycles. The Kier molecular flexibility index (Phi) is 7.58. The molecule has 0 heterocycles. The molecule has 4 aliphatic rings. The summed E-state index contributed by atoms with van der Waals surface area (Å²) in [5, 5.41) is 24.6. The summed E-state index contributed by atoms with van der Waals surface area (Å²) in [4.78, 5) is 38.9. The predicted octanol–water partition coefficient (Wildman–Crippen LogP) is 5.88. The molecule has 7 nitrogen and oxygen atoms in total. The number of aliphatic hydroxyl groups excluding tert-OH is 1. The molecule has 4 aliphatic carbocycles. The van der Waals surface area contributed by atoms with E-state index in [1.807, 2.05) is 0 Å². The highest BCUT2D eigenvalue weighted by atomic mass is 35.5. The lowest BCUT2D eigenvalue weighted by Gasteiger charge is -2.62. The molecule has 0 aliphatic heterocycles. The predicted molar refractivity (Wildman–Crippen MR) is 159 cm³/mol. The number of ketones is 2.